The normalized spacial score (nSPS) is 18.1. The Morgan fingerprint density at radius 2 is 1.73 bits per heavy atom. The monoisotopic (exact) mass is 588 g/mol. The maximum atomic E-state index is 13.1. The fourth-order valence-corrected chi connectivity index (χ4v) is 7.51. The predicted molar refractivity (Wildman–Crippen MR) is 148 cm³/mol. The number of benzene rings is 2. The number of carbonyl (C=O) groups excluding carboxylic acids is 2. The van der Waals surface area contributed by atoms with Crippen LogP contribution in [0.1, 0.15) is 24.8 Å². The van der Waals surface area contributed by atoms with Gasteiger partial charge in [0.25, 0.3) is 0 Å². The zero-order valence-corrected chi connectivity index (χ0v) is 23.3. The average Bonchev–Trinajstić information content (AvgIpc) is 3.67. The van der Waals surface area contributed by atoms with Crippen LogP contribution in [0.3, 0.4) is 0 Å². The molecule has 2 heterocycles. The van der Waals surface area contributed by atoms with E-state index in [4.69, 9.17) is 0 Å². The number of amides is 2. The number of hydrogen-bond acceptors (Lipinski definition) is 6. The molecule has 2 aliphatic heterocycles. The summed E-state index contributed by atoms with van der Waals surface area (Å²) in [4.78, 5) is 31.6. The van der Waals surface area contributed by atoms with E-state index in [1.54, 1.807) is 17.0 Å². The first-order valence-corrected chi connectivity index (χ1v) is 15.4. The molecule has 2 aromatic rings. The standard InChI is InChI=1S/C27H33BrN4O4S/c28-23-18-21-8-11-32(27(34)20-6-7-20)24(21)19-25(23)37(35,36)17-9-26(33)29-10-12-30-13-15-31(16-14-30)22-4-2-1-3-5-22/h1-5,18-20H,6-17H2,(H,29,33). The summed E-state index contributed by atoms with van der Waals surface area (Å²) in [5.74, 6) is -0.381. The zero-order chi connectivity index (χ0) is 26.0. The van der Waals surface area contributed by atoms with Crippen LogP contribution in [0.4, 0.5) is 11.4 Å². The fourth-order valence-electron chi connectivity index (χ4n) is 5.05. The van der Waals surface area contributed by atoms with Crippen LogP contribution in [-0.4, -0.2) is 76.7 Å². The number of halogens is 1. The number of nitrogens with zero attached hydrogens (tertiary/aromatic N) is 3. The molecule has 0 bridgehead atoms. The van der Waals surface area contributed by atoms with Crippen molar-refractivity contribution in [2.75, 3.05) is 61.4 Å². The van der Waals surface area contributed by atoms with Crippen molar-refractivity contribution >= 4 is 49.0 Å². The van der Waals surface area contributed by atoms with Crippen molar-refractivity contribution in [2.45, 2.75) is 30.6 Å². The van der Waals surface area contributed by atoms with Gasteiger partial charge in [0.1, 0.15) is 0 Å². The largest absolute Gasteiger partial charge is 0.369 e. The fraction of sp³-hybridized carbons (Fsp3) is 0.481. The summed E-state index contributed by atoms with van der Waals surface area (Å²) in [6.45, 7) is 5.54. The molecular weight excluding hydrogens is 556 g/mol. The van der Waals surface area contributed by atoms with Gasteiger partial charge in [-0.1, -0.05) is 18.2 Å². The molecule has 198 valence electrons. The molecule has 0 aromatic heterocycles. The summed E-state index contributed by atoms with van der Waals surface area (Å²) in [5, 5.41) is 2.87. The first-order valence-electron chi connectivity index (χ1n) is 13.0. The molecule has 0 unspecified atom stereocenters. The maximum Gasteiger partial charge on any atom is 0.230 e. The Kier molecular flexibility index (Phi) is 7.88. The van der Waals surface area contributed by atoms with E-state index in [2.05, 4.69) is 43.2 Å². The first kappa shape index (κ1) is 26.2. The summed E-state index contributed by atoms with van der Waals surface area (Å²) in [6, 6.07) is 13.8. The zero-order valence-electron chi connectivity index (χ0n) is 20.9. The average molecular weight is 590 g/mol. The van der Waals surface area contributed by atoms with Crippen LogP contribution < -0.4 is 15.1 Å². The number of anilines is 2. The number of piperazine rings is 1. The predicted octanol–water partition coefficient (Wildman–Crippen LogP) is 2.85. The summed E-state index contributed by atoms with van der Waals surface area (Å²) in [6.07, 6.45) is 2.44. The Hall–Kier alpha value is -2.43. The van der Waals surface area contributed by atoms with Gasteiger partial charge in [0.05, 0.1) is 10.6 Å². The van der Waals surface area contributed by atoms with E-state index in [-0.39, 0.29) is 34.8 Å². The number of carbonyl (C=O) groups is 2. The Bertz CT molecular complexity index is 1260. The SMILES string of the molecule is O=C(CCS(=O)(=O)c1cc2c(cc1Br)CCN2C(=O)C1CC1)NCCN1CCN(c2ccccc2)CC1. The molecule has 1 N–H and O–H groups in total. The van der Waals surface area contributed by atoms with Crippen molar-refractivity contribution in [1.82, 2.24) is 10.2 Å². The minimum atomic E-state index is -3.70. The van der Waals surface area contributed by atoms with Gasteiger partial charge in [0.2, 0.25) is 11.8 Å². The van der Waals surface area contributed by atoms with Crippen molar-refractivity contribution in [3.63, 3.8) is 0 Å². The van der Waals surface area contributed by atoms with Crippen molar-refractivity contribution in [3.8, 4) is 0 Å². The number of rotatable bonds is 9. The van der Waals surface area contributed by atoms with E-state index in [1.165, 1.54) is 5.69 Å². The van der Waals surface area contributed by atoms with Crippen molar-refractivity contribution in [2.24, 2.45) is 5.92 Å². The third kappa shape index (κ3) is 6.18. The number of hydrogen-bond donors (Lipinski definition) is 1. The van der Waals surface area contributed by atoms with Crippen LogP contribution in [0.2, 0.25) is 0 Å². The molecule has 0 radical (unpaired) electrons. The molecule has 2 fully saturated rings. The third-order valence-corrected chi connectivity index (χ3v) is 10.1. The topological polar surface area (TPSA) is 90.0 Å². The highest BCUT2D eigenvalue weighted by atomic mass is 79.9. The molecule has 5 rings (SSSR count). The van der Waals surface area contributed by atoms with Gasteiger partial charge in [-0.05, 0) is 65.0 Å². The van der Waals surface area contributed by atoms with E-state index in [0.29, 0.717) is 23.2 Å². The van der Waals surface area contributed by atoms with E-state index in [9.17, 15) is 18.0 Å². The van der Waals surface area contributed by atoms with Gasteiger partial charge in [-0.25, -0.2) is 8.42 Å². The number of para-hydroxylation sites is 1. The van der Waals surface area contributed by atoms with E-state index >= 15 is 0 Å². The molecule has 2 aromatic carbocycles. The van der Waals surface area contributed by atoms with Crippen LogP contribution >= 0.6 is 15.9 Å². The molecule has 1 saturated heterocycles. The van der Waals surface area contributed by atoms with E-state index < -0.39 is 9.84 Å². The van der Waals surface area contributed by atoms with Crippen LogP contribution in [0.5, 0.6) is 0 Å². The van der Waals surface area contributed by atoms with Crippen molar-refractivity contribution < 1.29 is 18.0 Å². The lowest BCUT2D eigenvalue weighted by atomic mass is 10.2. The number of nitrogens with one attached hydrogen (secondary N) is 1. The molecule has 37 heavy (non-hydrogen) atoms. The molecule has 1 aliphatic carbocycles. The van der Waals surface area contributed by atoms with Crippen LogP contribution in [0.15, 0.2) is 51.8 Å². The molecular formula is C27H33BrN4O4S. The maximum absolute atomic E-state index is 13.1. The quantitative estimate of drug-likeness (QED) is 0.484. The van der Waals surface area contributed by atoms with E-state index in [0.717, 1.165) is 57.5 Å². The van der Waals surface area contributed by atoms with Gasteiger partial charge in [0, 0.05) is 74.0 Å². The smallest absolute Gasteiger partial charge is 0.230 e. The lowest BCUT2D eigenvalue weighted by molar-refractivity contribution is -0.121. The Labute approximate surface area is 227 Å². The molecule has 0 atom stereocenters. The highest BCUT2D eigenvalue weighted by Gasteiger charge is 2.37. The Balaban J connectivity index is 1.09. The molecule has 8 nitrogen and oxygen atoms in total. The highest BCUT2D eigenvalue weighted by molar-refractivity contribution is 9.10. The van der Waals surface area contributed by atoms with Crippen LogP contribution in [0, 0.1) is 5.92 Å². The van der Waals surface area contributed by atoms with E-state index in [1.807, 2.05) is 18.2 Å². The number of fused-ring (bicyclic) bond motifs is 1. The van der Waals surface area contributed by atoms with Gasteiger partial charge in [-0.15, -0.1) is 0 Å². The van der Waals surface area contributed by atoms with Gasteiger partial charge in [0.15, 0.2) is 9.84 Å². The number of sulfone groups is 1. The Morgan fingerprint density at radius 3 is 2.43 bits per heavy atom. The summed E-state index contributed by atoms with van der Waals surface area (Å²) in [7, 11) is -3.70. The lowest BCUT2D eigenvalue weighted by Crippen LogP contribution is -2.48. The highest BCUT2D eigenvalue weighted by Crippen LogP contribution is 2.39. The molecule has 10 heteroatoms. The molecule has 3 aliphatic rings. The Morgan fingerprint density at radius 1 is 1.00 bits per heavy atom. The summed E-state index contributed by atoms with van der Waals surface area (Å²) >= 11 is 3.40. The van der Waals surface area contributed by atoms with Gasteiger partial charge in [-0.3, -0.25) is 14.5 Å². The van der Waals surface area contributed by atoms with Gasteiger partial charge in [-0.2, -0.15) is 0 Å². The lowest BCUT2D eigenvalue weighted by Gasteiger charge is -2.36. The summed E-state index contributed by atoms with van der Waals surface area (Å²) < 4.78 is 26.7. The van der Waals surface area contributed by atoms with Crippen LogP contribution in [-0.2, 0) is 25.8 Å². The van der Waals surface area contributed by atoms with Crippen molar-refractivity contribution in [3.05, 3.63) is 52.5 Å². The van der Waals surface area contributed by atoms with Gasteiger partial charge >= 0.3 is 0 Å². The van der Waals surface area contributed by atoms with Crippen LogP contribution in [0.25, 0.3) is 0 Å². The molecule has 1 saturated carbocycles. The minimum absolute atomic E-state index is 0.0751. The molecule has 2 amide bonds. The second-order valence-corrected chi connectivity index (χ2v) is 12.9. The minimum Gasteiger partial charge on any atom is -0.369 e. The first-order chi connectivity index (χ1) is 17.8. The summed E-state index contributed by atoms with van der Waals surface area (Å²) in [5.41, 5.74) is 2.89. The van der Waals surface area contributed by atoms with Crippen molar-refractivity contribution in [1.29, 1.82) is 0 Å². The second kappa shape index (κ2) is 11.1. The van der Waals surface area contributed by atoms with Gasteiger partial charge < -0.3 is 15.1 Å². The second-order valence-electron chi connectivity index (χ2n) is 10.0. The molecule has 0 spiro atoms. The third-order valence-electron chi connectivity index (χ3n) is 7.40.